The third-order valence-electron chi connectivity index (χ3n) is 3.82. The Balaban J connectivity index is 0.00000200. The van der Waals surface area contributed by atoms with Crippen molar-refractivity contribution in [1.82, 2.24) is 15.2 Å². The van der Waals surface area contributed by atoms with E-state index >= 15 is 0 Å². The van der Waals surface area contributed by atoms with Gasteiger partial charge in [-0.2, -0.15) is 0 Å². The molecule has 0 atom stereocenters. The van der Waals surface area contributed by atoms with Gasteiger partial charge in [-0.25, -0.2) is 0 Å². The number of aromatic nitrogens is 1. The SMILES string of the molecule is CN(Cc1ccncc1)C(=O)CCC1CCNCC1.Cl.Cl. The predicted molar refractivity (Wildman–Crippen MR) is 90.0 cm³/mol. The predicted octanol–water partition coefficient (Wildman–Crippen LogP) is 2.66. The van der Waals surface area contributed by atoms with Gasteiger partial charge in [0.15, 0.2) is 0 Å². The average molecular weight is 334 g/mol. The van der Waals surface area contributed by atoms with E-state index in [-0.39, 0.29) is 30.7 Å². The fourth-order valence-corrected chi connectivity index (χ4v) is 2.54. The first-order valence-electron chi connectivity index (χ1n) is 7.09. The zero-order chi connectivity index (χ0) is 13.5. The van der Waals surface area contributed by atoms with Crippen LogP contribution >= 0.6 is 24.8 Å². The summed E-state index contributed by atoms with van der Waals surface area (Å²) < 4.78 is 0. The second-order valence-electron chi connectivity index (χ2n) is 5.34. The van der Waals surface area contributed by atoms with Crippen LogP contribution in [0.1, 0.15) is 31.2 Å². The van der Waals surface area contributed by atoms with E-state index in [1.54, 1.807) is 12.4 Å². The summed E-state index contributed by atoms with van der Waals surface area (Å²) >= 11 is 0. The molecule has 1 amide bonds. The molecular weight excluding hydrogens is 309 g/mol. The number of carbonyl (C=O) groups is 1. The van der Waals surface area contributed by atoms with Crippen molar-refractivity contribution >= 4 is 30.7 Å². The molecule has 0 aliphatic carbocycles. The number of rotatable bonds is 5. The number of pyridine rings is 1. The molecule has 0 unspecified atom stereocenters. The number of nitrogens with one attached hydrogen (secondary N) is 1. The summed E-state index contributed by atoms with van der Waals surface area (Å²) in [5.41, 5.74) is 1.13. The number of halogens is 2. The number of piperidine rings is 1. The molecule has 0 aromatic carbocycles. The van der Waals surface area contributed by atoms with Gasteiger partial charge in [0.25, 0.3) is 0 Å². The highest BCUT2D eigenvalue weighted by Crippen LogP contribution is 2.18. The summed E-state index contributed by atoms with van der Waals surface area (Å²) in [6, 6.07) is 3.91. The van der Waals surface area contributed by atoms with E-state index in [0.29, 0.717) is 13.0 Å². The van der Waals surface area contributed by atoms with Crippen LogP contribution in [-0.2, 0) is 11.3 Å². The fourth-order valence-electron chi connectivity index (χ4n) is 2.54. The highest BCUT2D eigenvalue weighted by molar-refractivity contribution is 5.85. The molecule has 1 fully saturated rings. The van der Waals surface area contributed by atoms with Crippen LogP contribution in [0, 0.1) is 5.92 Å². The molecule has 1 N–H and O–H groups in total. The maximum Gasteiger partial charge on any atom is 0.222 e. The smallest absolute Gasteiger partial charge is 0.222 e. The summed E-state index contributed by atoms with van der Waals surface area (Å²) in [4.78, 5) is 17.9. The lowest BCUT2D eigenvalue weighted by molar-refractivity contribution is -0.130. The van der Waals surface area contributed by atoms with E-state index in [2.05, 4.69) is 10.3 Å². The summed E-state index contributed by atoms with van der Waals surface area (Å²) in [5.74, 6) is 0.967. The van der Waals surface area contributed by atoms with Crippen molar-refractivity contribution in [2.45, 2.75) is 32.2 Å². The Labute approximate surface area is 139 Å². The number of hydrogen-bond acceptors (Lipinski definition) is 3. The van der Waals surface area contributed by atoms with Crippen LogP contribution in [0.4, 0.5) is 0 Å². The Bertz CT molecular complexity index is 397. The van der Waals surface area contributed by atoms with Gasteiger partial charge in [0.2, 0.25) is 5.91 Å². The average Bonchev–Trinajstić information content (AvgIpc) is 2.47. The highest BCUT2D eigenvalue weighted by atomic mass is 35.5. The molecule has 0 saturated carbocycles. The maximum atomic E-state index is 12.1. The van der Waals surface area contributed by atoms with Gasteiger partial charge in [0.1, 0.15) is 0 Å². The molecule has 120 valence electrons. The van der Waals surface area contributed by atoms with Gasteiger partial charge in [0.05, 0.1) is 0 Å². The summed E-state index contributed by atoms with van der Waals surface area (Å²) in [5, 5.41) is 3.36. The molecule has 1 aromatic heterocycles. The normalized spacial score (nSPS) is 14.7. The quantitative estimate of drug-likeness (QED) is 0.900. The van der Waals surface area contributed by atoms with E-state index in [0.717, 1.165) is 31.0 Å². The van der Waals surface area contributed by atoms with Crippen molar-refractivity contribution in [3.63, 3.8) is 0 Å². The minimum absolute atomic E-state index is 0. The summed E-state index contributed by atoms with van der Waals surface area (Å²) in [6.45, 7) is 2.88. The standard InChI is InChI=1S/C15H23N3O.2ClH/c1-18(12-14-6-10-17-11-7-14)15(19)3-2-13-4-8-16-9-5-13;;/h6-7,10-11,13,16H,2-5,8-9,12H2,1H3;2*1H. The lowest BCUT2D eigenvalue weighted by atomic mass is 9.93. The van der Waals surface area contributed by atoms with Crippen molar-refractivity contribution in [3.8, 4) is 0 Å². The van der Waals surface area contributed by atoms with Gasteiger partial charge in [-0.3, -0.25) is 9.78 Å². The molecule has 2 rings (SSSR count). The molecule has 0 spiro atoms. The van der Waals surface area contributed by atoms with Gasteiger partial charge in [-0.1, -0.05) is 0 Å². The van der Waals surface area contributed by atoms with Crippen molar-refractivity contribution in [2.75, 3.05) is 20.1 Å². The largest absolute Gasteiger partial charge is 0.341 e. The fraction of sp³-hybridized carbons (Fsp3) is 0.600. The Morgan fingerprint density at radius 3 is 2.52 bits per heavy atom. The van der Waals surface area contributed by atoms with Crippen LogP contribution in [0.5, 0.6) is 0 Å². The monoisotopic (exact) mass is 333 g/mol. The van der Waals surface area contributed by atoms with Crippen molar-refractivity contribution in [2.24, 2.45) is 5.92 Å². The highest BCUT2D eigenvalue weighted by Gasteiger charge is 2.16. The van der Waals surface area contributed by atoms with Crippen LogP contribution in [0.25, 0.3) is 0 Å². The second kappa shape index (κ2) is 10.8. The molecule has 0 bridgehead atoms. The van der Waals surface area contributed by atoms with Crippen molar-refractivity contribution in [3.05, 3.63) is 30.1 Å². The first kappa shape index (κ1) is 20.2. The van der Waals surface area contributed by atoms with Gasteiger partial charge in [-0.05, 0) is 56.0 Å². The molecule has 6 heteroatoms. The molecule has 1 aliphatic heterocycles. The molecular formula is C15H25Cl2N3O. The molecule has 1 saturated heterocycles. The van der Waals surface area contributed by atoms with Gasteiger partial charge in [0, 0.05) is 32.4 Å². The van der Waals surface area contributed by atoms with E-state index in [1.807, 2.05) is 24.1 Å². The van der Waals surface area contributed by atoms with E-state index in [4.69, 9.17) is 0 Å². The summed E-state index contributed by atoms with van der Waals surface area (Å²) in [7, 11) is 1.88. The molecule has 0 radical (unpaired) electrons. The van der Waals surface area contributed by atoms with E-state index in [9.17, 15) is 4.79 Å². The molecule has 1 aromatic rings. The van der Waals surface area contributed by atoms with Crippen LogP contribution in [0.3, 0.4) is 0 Å². The Morgan fingerprint density at radius 1 is 1.29 bits per heavy atom. The maximum absolute atomic E-state index is 12.1. The lowest BCUT2D eigenvalue weighted by Crippen LogP contribution is -2.30. The number of hydrogen-bond donors (Lipinski definition) is 1. The van der Waals surface area contributed by atoms with Gasteiger partial charge < -0.3 is 10.2 Å². The van der Waals surface area contributed by atoms with E-state index in [1.165, 1.54) is 12.8 Å². The number of amides is 1. The lowest BCUT2D eigenvalue weighted by Gasteiger charge is -2.23. The zero-order valence-electron chi connectivity index (χ0n) is 12.5. The Hall–Kier alpha value is -0.840. The third-order valence-corrected chi connectivity index (χ3v) is 3.82. The first-order chi connectivity index (χ1) is 9.25. The van der Waals surface area contributed by atoms with Crippen LogP contribution < -0.4 is 5.32 Å². The number of carbonyl (C=O) groups excluding carboxylic acids is 1. The Morgan fingerprint density at radius 2 is 1.90 bits per heavy atom. The first-order valence-corrected chi connectivity index (χ1v) is 7.09. The minimum Gasteiger partial charge on any atom is -0.341 e. The molecule has 4 nitrogen and oxygen atoms in total. The summed E-state index contributed by atoms with van der Waals surface area (Å²) in [6.07, 6.45) is 7.65. The molecule has 2 heterocycles. The van der Waals surface area contributed by atoms with Crippen LogP contribution in [-0.4, -0.2) is 35.9 Å². The van der Waals surface area contributed by atoms with Crippen LogP contribution in [0.15, 0.2) is 24.5 Å². The molecule has 1 aliphatic rings. The van der Waals surface area contributed by atoms with Crippen molar-refractivity contribution < 1.29 is 4.79 Å². The van der Waals surface area contributed by atoms with Gasteiger partial charge in [-0.15, -0.1) is 24.8 Å². The third kappa shape index (κ3) is 7.11. The van der Waals surface area contributed by atoms with E-state index < -0.39 is 0 Å². The minimum atomic E-state index is 0. The Kier molecular flexibility index (Phi) is 10.4. The second-order valence-corrected chi connectivity index (χ2v) is 5.34. The van der Waals surface area contributed by atoms with Gasteiger partial charge >= 0.3 is 0 Å². The zero-order valence-corrected chi connectivity index (χ0v) is 14.1. The van der Waals surface area contributed by atoms with Crippen molar-refractivity contribution in [1.29, 1.82) is 0 Å². The number of nitrogens with zero attached hydrogens (tertiary/aromatic N) is 2. The van der Waals surface area contributed by atoms with Crippen LogP contribution in [0.2, 0.25) is 0 Å². The molecule has 21 heavy (non-hydrogen) atoms. The topological polar surface area (TPSA) is 45.2 Å².